The van der Waals surface area contributed by atoms with Gasteiger partial charge in [0.2, 0.25) is 0 Å². The fourth-order valence-electron chi connectivity index (χ4n) is 3.15. The van der Waals surface area contributed by atoms with Crippen molar-refractivity contribution in [1.29, 1.82) is 0 Å². The lowest BCUT2D eigenvalue weighted by atomic mass is 9.91. The van der Waals surface area contributed by atoms with Crippen LogP contribution in [0.25, 0.3) is 5.57 Å². The van der Waals surface area contributed by atoms with Crippen LogP contribution in [-0.2, 0) is 4.79 Å². The first kappa shape index (κ1) is 13.5. The number of carbonyl (C=O) groups is 1. The van der Waals surface area contributed by atoms with Gasteiger partial charge in [-0.2, -0.15) is 0 Å². The van der Waals surface area contributed by atoms with Crippen LogP contribution in [0.2, 0.25) is 0 Å². The molecule has 0 radical (unpaired) electrons. The van der Waals surface area contributed by atoms with E-state index in [1.807, 2.05) is 24.3 Å². The van der Waals surface area contributed by atoms with Crippen molar-refractivity contribution in [2.24, 2.45) is 5.92 Å². The summed E-state index contributed by atoms with van der Waals surface area (Å²) in [4.78, 5) is 12.3. The predicted octanol–water partition coefficient (Wildman–Crippen LogP) is 4.78. The third-order valence-electron chi connectivity index (χ3n) is 4.26. The van der Waals surface area contributed by atoms with Crippen LogP contribution in [0.4, 0.5) is 5.69 Å². The fourth-order valence-corrected chi connectivity index (χ4v) is 3.51. The first-order valence-electron chi connectivity index (χ1n) is 7.30. The topological polar surface area (TPSA) is 29.1 Å². The molecule has 1 aromatic rings. The minimum absolute atomic E-state index is 0.0258. The van der Waals surface area contributed by atoms with Crippen LogP contribution in [-0.4, -0.2) is 5.91 Å². The summed E-state index contributed by atoms with van der Waals surface area (Å²) in [6.45, 7) is 0. The number of hydrogen-bond acceptors (Lipinski definition) is 1. The molecule has 1 atom stereocenters. The van der Waals surface area contributed by atoms with Gasteiger partial charge in [0, 0.05) is 21.5 Å². The molecule has 2 aliphatic carbocycles. The van der Waals surface area contributed by atoms with Gasteiger partial charge in [-0.05, 0) is 35.8 Å². The average Bonchev–Trinajstić information content (AvgIpc) is 2.90. The van der Waals surface area contributed by atoms with Gasteiger partial charge >= 0.3 is 0 Å². The van der Waals surface area contributed by atoms with E-state index in [1.54, 1.807) is 0 Å². The van der Waals surface area contributed by atoms with E-state index < -0.39 is 0 Å². The summed E-state index contributed by atoms with van der Waals surface area (Å²) < 4.78 is 0.968. The third kappa shape index (κ3) is 2.22. The Morgan fingerprint density at radius 3 is 3.05 bits per heavy atom. The number of fused-ring (bicyclic) bond motifs is 2. The summed E-state index contributed by atoms with van der Waals surface area (Å²) >= 11 is 3.44. The second kappa shape index (κ2) is 5.25. The van der Waals surface area contributed by atoms with Crippen molar-refractivity contribution in [1.82, 2.24) is 0 Å². The van der Waals surface area contributed by atoms with E-state index in [2.05, 4.69) is 57.7 Å². The smallest absolute Gasteiger partial charge is 0.256 e. The molecule has 108 valence electrons. The minimum atomic E-state index is -0.0258. The summed E-state index contributed by atoms with van der Waals surface area (Å²) in [6.07, 6.45) is 15.8. The highest BCUT2D eigenvalue weighted by molar-refractivity contribution is 9.10. The molecule has 1 amide bonds. The number of hydrogen-bond donors (Lipinski definition) is 1. The van der Waals surface area contributed by atoms with Crippen LogP contribution in [0.1, 0.15) is 12.0 Å². The molecule has 4 rings (SSSR count). The summed E-state index contributed by atoms with van der Waals surface area (Å²) in [5.41, 5.74) is 5.11. The maximum absolute atomic E-state index is 12.3. The van der Waals surface area contributed by atoms with Crippen molar-refractivity contribution in [2.75, 3.05) is 5.32 Å². The largest absolute Gasteiger partial charge is 0.321 e. The molecule has 0 saturated carbocycles. The van der Waals surface area contributed by atoms with E-state index in [-0.39, 0.29) is 5.91 Å². The number of rotatable bonds is 1. The van der Waals surface area contributed by atoms with Crippen molar-refractivity contribution in [3.05, 3.63) is 81.9 Å². The molecular formula is C19H14BrNO. The molecular weight excluding hydrogens is 338 g/mol. The van der Waals surface area contributed by atoms with Gasteiger partial charge in [0.05, 0.1) is 5.69 Å². The molecule has 22 heavy (non-hydrogen) atoms. The van der Waals surface area contributed by atoms with Gasteiger partial charge in [-0.25, -0.2) is 0 Å². The highest BCUT2D eigenvalue weighted by atomic mass is 79.9. The molecule has 2 nitrogen and oxygen atoms in total. The normalized spacial score (nSPS) is 23.8. The molecule has 1 N–H and O–H groups in total. The first-order chi connectivity index (χ1) is 10.7. The summed E-state index contributed by atoms with van der Waals surface area (Å²) in [7, 11) is 0. The van der Waals surface area contributed by atoms with Crippen LogP contribution in [0.5, 0.6) is 0 Å². The molecule has 0 fully saturated rings. The predicted molar refractivity (Wildman–Crippen MR) is 93.3 cm³/mol. The molecule has 3 aliphatic rings. The number of allylic oxidation sites excluding steroid dienone is 9. The Labute approximate surface area is 137 Å². The van der Waals surface area contributed by atoms with E-state index in [0.717, 1.165) is 27.7 Å². The van der Waals surface area contributed by atoms with Gasteiger partial charge in [0.25, 0.3) is 5.91 Å². The van der Waals surface area contributed by atoms with E-state index in [0.29, 0.717) is 5.92 Å². The highest BCUT2D eigenvalue weighted by Gasteiger charge is 2.27. The van der Waals surface area contributed by atoms with Crippen LogP contribution >= 0.6 is 15.9 Å². The van der Waals surface area contributed by atoms with Crippen molar-refractivity contribution in [2.45, 2.75) is 6.42 Å². The number of anilines is 1. The second-order valence-electron chi connectivity index (χ2n) is 5.61. The molecule has 0 saturated heterocycles. The second-order valence-corrected chi connectivity index (χ2v) is 6.53. The number of nitrogens with one attached hydrogen (secondary N) is 1. The number of amides is 1. The molecule has 0 aromatic heterocycles. The number of halogens is 1. The van der Waals surface area contributed by atoms with Crippen LogP contribution in [0.15, 0.2) is 76.4 Å². The lowest BCUT2D eigenvalue weighted by molar-refractivity contribution is -0.110. The van der Waals surface area contributed by atoms with Crippen LogP contribution < -0.4 is 5.32 Å². The number of benzene rings is 1. The molecule has 1 heterocycles. The average molecular weight is 352 g/mol. The molecule has 0 bridgehead atoms. The maximum atomic E-state index is 12.3. The van der Waals surface area contributed by atoms with Crippen LogP contribution in [0, 0.1) is 5.92 Å². The van der Waals surface area contributed by atoms with Crippen LogP contribution in [0.3, 0.4) is 0 Å². The van der Waals surface area contributed by atoms with Gasteiger partial charge in [0.1, 0.15) is 0 Å². The number of carbonyl (C=O) groups excluding carboxylic acids is 1. The first-order valence-corrected chi connectivity index (χ1v) is 8.09. The zero-order valence-corrected chi connectivity index (χ0v) is 13.4. The lowest BCUT2D eigenvalue weighted by Crippen LogP contribution is -2.06. The summed E-state index contributed by atoms with van der Waals surface area (Å²) in [5.74, 6) is 0.331. The van der Waals surface area contributed by atoms with E-state index in [9.17, 15) is 4.79 Å². The van der Waals surface area contributed by atoms with E-state index >= 15 is 0 Å². The standard InChI is InChI=1S/C19H14BrNO/c20-14-8-9-16-17(19(22)21-18(16)11-14)10-13-7-6-12-4-2-1-3-5-15(12)13/h1-4,6-11,15H,5H2,(H,21,22)/b17-10-. The van der Waals surface area contributed by atoms with Gasteiger partial charge in [-0.1, -0.05) is 58.5 Å². The van der Waals surface area contributed by atoms with Gasteiger partial charge in [-0.15, -0.1) is 0 Å². The Kier molecular flexibility index (Phi) is 3.23. The van der Waals surface area contributed by atoms with Gasteiger partial charge in [0.15, 0.2) is 0 Å². The molecule has 1 aliphatic heterocycles. The maximum Gasteiger partial charge on any atom is 0.256 e. The third-order valence-corrected chi connectivity index (χ3v) is 4.75. The SMILES string of the molecule is O=C1Nc2cc(Br)ccc2/C1=C/C1=CC=C2C=CC=CCC21. The summed E-state index contributed by atoms with van der Waals surface area (Å²) in [6, 6.07) is 5.90. The molecule has 3 heteroatoms. The van der Waals surface area contributed by atoms with Crippen molar-refractivity contribution >= 4 is 33.1 Å². The Morgan fingerprint density at radius 1 is 1.23 bits per heavy atom. The zero-order chi connectivity index (χ0) is 15.1. The molecule has 1 aromatic carbocycles. The Hall–Kier alpha value is -2.13. The molecule has 1 unspecified atom stereocenters. The van der Waals surface area contributed by atoms with Crippen molar-refractivity contribution in [3.63, 3.8) is 0 Å². The Bertz CT molecular complexity index is 824. The monoisotopic (exact) mass is 351 g/mol. The van der Waals surface area contributed by atoms with Crippen molar-refractivity contribution in [3.8, 4) is 0 Å². The zero-order valence-electron chi connectivity index (χ0n) is 11.8. The Morgan fingerprint density at radius 2 is 2.14 bits per heavy atom. The molecule has 0 spiro atoms. The Balaban J connectivity index is 1.72. The fraction of sp³-hybridized carbons (Fsp3) is 0.105. The van der Waals surface area contributed by atoms with E-state index in [1.165, 1.54) is 11.1 Å². The quantitative estimate of drug-likeness (QED) is 0.724. The van der Waals surface area contributed by atoms with Gasteiger partial charge < -0.3 is 5.32 Å². The summed E-state index contributed by atoms with van der Waals surface area (Å²) in [5, 5.41) is 2.94. The van der Waals surface area contributed by atoms with Crippen molar-refractivity contribution < 1.29 is 4.79 Å². The highest BCUT2D eigenvalue weighted by Crippen LogP contribution is 2.39. The minimum Gasteiger partial charge on any atom is -0.321 e. The lowest BCUT2D eigenvalue weighted by Gasteiger charge is -2.12. The van der Waals surface area contributed by atoms with E-state index in [4.69, 9.17) is 0 Å². The van der Waals surface area contributed by atoms with Gasteiger partial charge in [-0.3, -0.25) is 4.79 Å².